The van der Waals surface area contributed by atoms with Gasteiger partial charge in [-0.3, -0.25) is 0 Å². The lowest BCUT2D eigenvalue weighted by atomic mass is 9.43. The third kappa shape index (κ3) is 2.11. The fourth-order valence-corrected chi connectivity index (χ4v) is 8.46. The highest BCUT2D eigenvalue weighted by molar-refractivity contribution is 6.18. The van der Waals surface area contributed by atoms with Crippen molar-refractivity contribution in [3.05, 3.63) is 24.3 Å². The Kier molecular flexibility index (Phi) is 4.23. The molecule has 0 nitrogen and oxygen atoms in total. The molecule has 4 rings (SSSR count). The first-order chi connectivity index (χ1) is 11.5. The van der Waals surface area contributed by atoms with Gasteiger partial charge >= 0.3 is 0 Å². The molecule has 8 atom stereocenters. The van der Waals surface area contributed by atoms with Crippen LogP contribution in [0.15, 0.2) is 24.3 Å². The van der Waals surface area contributed by atoms with Crippen LogP contribution in [0.25, 0.3) is 0 Å². The van der Waals surface area contributed by atoms with E-state index in [9.17, 15) is 0 Å². The molecule has 4 aliphatic carbocycles. The number of halogens is 1. The quantitative estimate of drug-likeness (QED) is 0.378. The van der Waals surface area contributed by atoms with Crippen LogP contribution in [0.1, 0.15) is 65.7 Å². The van der Waals surface area contributed by atoms with Gasteiger partial charge in [-0.05, 0) is 84.9 Å². The van der Waals surface area contributed by atoms with Crippen molar-refractivity contribution in [3.8, 4) is 0 Å². The topological polar surface area (TPSA) is 0 Å². The number of hydrogen-bond donors (Lipinski definition) is 0. The third-order valence-electron chi connectivity index (χ3n) is 9.37. The highest BCUT2D eigenvalue weighted by Crippen LogP contribution is 2.68. The zero-order chi connectivity index (χ0) is 17.1. The molecule has 0 saturated heterocycles. The fraction of sp³-hybridized carbons (Fsp3) is 0.826. The van der Waals surface area contributed by atoms with Gasteiger partial charge in [0.2, 0.25) is 0 Å². The van der Waals surface area contributed by atoms with E-state index in [-0.39, 0.29) is 0 Å². The molecule has 0 aromatic rings. The maximum atomic E-state index is 6.47. The molecule has 4 aliphatic rings. The molecule has 0 radical (unpaired) electrons. The molecular weight excluding hydrogens is 312 g/mol. The molecule has 0 N–H and O–H groups in total. The summed E-state index contributed by atoms with van der Waals surface area (Å²) in [4.78, 5) is 0. The smallest absolute Gasteiger partial charge is 0.0291 e. The molecule has 1 unspecified atom stereocenters. The van der Waals surface area contributed by atoms with Crippen molar-refractivity contribution < 1.29 is 0 Å². The minimum atomic E-state index is 0.349. The molecule has 24 heavy (non-hydrogen) atoms. The molecule has 134 valence electrons. The number of rotatable bonds is 2. The molecule has 0 aliphatic heterocycles. The van der Waals surface area contributed by atoms with Gasteiger partial charge in [0.25, 0.3) is 0 Å². The normalized spacial score (nSPS) is 53.4. The minimum Gasteiger partial charge on any atom is -0.126 e. The fourth-order valence-electron chi connectivity index (χ4n) is 8.02. The Hall–Kier alpha value is -0.230. The number of hydrogen-bond acceptors (Lipinski definition) is 0. The Bertz CT molecular complexity index is 548. The van der Waals surface area contributed by atoms with Crippen LogP contribution < -0.4 is 0 Å². The molecule has 0 heterocycles. The van der Waals surface area contributed by atoms with Gasteiger partial charge in [0.1, 0.15) is 0 Å². The third-order valence-corrected chi connectivity index (χ3v) is 9.70. The number of allylic oxidation sites excluding steroid dienone is 3. The Labute approximate surface area is 154 Å². The van der Waals surface area contributed by atoms with Crippen LogP contribution in [-0.4, -0.2) is 5.88 Å². The van der Waals surface area contributed by atoms with Crippen LogP contribution >= 0.6 is 11.6 Å². The summed E-state index contributed by atoms with van der Waals surface area (Å²) < 4.78 is 0. The maximum absolute atomic E-state index is 6.47. The number of alkyl halides is 1. The molecule has 0 aromatic carbocycles. The minimum absolute atomic E-state index is 0.349. The van der Waals surface area contributed by atoms with Gasteiger partial charge in [0.15, 0.2) is 0 Å². The largest absolute Gasteiger partial charge is 0.126 e. The summed E-state index contributed by atoms with van der Waals surface area (Å²) >= 11 is 6.47. The standard InChI is InChI=1S/C23H35Cl/c1-5-16-9-10-20-18-13-15(2)19-8-6-7-17(14-24)23(19,4)21(18)11-12-22(16,20)3/h6-7,16-21H,2,5,8-14H2,1,3-4H3/t16-,17+,18-,19?,20-,21-,22+,23-/m0/s1. The summed E-state index contributed by atoms with van der Waals surface area (Å²) in [6.45, 7) is 12.2. The van der Waals surface area contributed by atoms with E-state index in [2.05, 4.69) is 39.5 Å². The van der Waals surface area contributed by atoms with Crippen LogP contribution in [0, 0.1) is 46.3 Å². The first kappa shape index (κ1) is 17.2. The molecule has 0 spiro atoms. The predicted octanol–water partition coefficient (Wildman–Crippen LogP) is 6.85. The Morgan fingerprint density at radius 1 is 1.21 bits per heavy atom. The van der Waals surface area contributed by atoms with E-state index in [1.165, 1.54) is 44.9 Å². The zero-order valence-electron chi connectivity index (χ0n) is 15.9. The molecule has 3 saturated carbocycles. The molecule has 0 bridgehead atoms. The van der Waals surface area contributed by atoms with Gasteiger partial charge in [-0.25, -0.2) is 0 Å². The molecule has 0 aromatic heterocycles. The second-order valence-corrected chi connectivity index (χ2v) is 10.1. The predicted molar refractivity (Wildman–Crippen MR) is 104 cm³/mol. The van der Waals surface area contributed by atoms with Crippen molar-refractivity contribution in [2.45, 2.75) is 65.7 Å². The van der Waals surface area contributed by atoms with Gasteiger partial charge in [-0.2, -0.15) is 0 Å². The molecular formula is C23H35Cl. The van der Waals surface area contributed by atoms with Crippen molar-refractivity contribution in [3.63, 3.8) is 0 Å². The van der Waals surface area contributed by atoms with Crippen LogP contribution in [0.3, 0.4) is 0 Å². The second kappa shape index (κ2) is 5.90. The summed E-state index contributed by atoms with van der Waals surface area (Å²) in [5.41, 5.74) is 2.49. The van der Waals surface area contributed by atoms with Gasteiger partial charge in [0.05, 0.1) is 0 Å². The van der Waals surface area contributed by atoms with Crippen LogP contribution in [0.4, 0.5) is 0 Å². The summed E-state index contributed by atoms with van der Waals surface area (Å²) in [5.74, 6) is 5.59. The summed E-state index contributed by atoms with van der Waals surface area (Å²) in [5, 5.41) is 0. The monoisotopic (exact) mass is 346 g/mol. The Morgan fingerprint density at radius 2 is 2.00 bits per heavy atom. The molecule has 3 fully saturated rings. The van der Waals surface area contributed by atoms with Crippen LogP contribution in [0.2, 0.25) is 0 Å². The summed E-state index contributed by atoms with van der Waals surface area (Å²) in [6, 6.07) is 0. The lowest BCUT2D eigenvalue weighted by Gasteiger charge is -2.62. The van der Waals surface area contributed by atoms with Crippen molar-refractivity contribution in [1.82, 2.24) is 0 Å². The van der Waals surface area contributed by atoms with Crippen LogP contribution in [0.5, 0.6) is 0 Å². The van der Waals surface area contributed by atoms with Gasteiger partial charge in [-0.1, -0.05) is 51.5 Å². The van der Waals surface area contributed by atoms with E-state index < -0.39 is 0 Å². The zero-order valence-corrected chi connectivity index (χ0v) is 16.6. The van der Waals surface area contributed by atoms with Crippen molar-refractivity contribution in [1.29, 1.82) is 0 Å². The first-order valence-corrected chi connectivity index (χ1v) is 10.9. The van der Waals surface area contributed by atoms with Crippen molar-refractivity contribution in [2.75, 3.05) is 5.88 Å². The maximum Gasteiger partial charge on any atom is 0.0291 e. The number of fused-ring (bicyclic) bond motifs is 5. The Balaban J connectivity index is 1.72. The first-order valence-electron chi connectivity index (χ1n) is 10.4. The second-order valence-electron chi connectivity index (χ2n) is 9.81. The van der Waals surface area contributed by atoms with E-state index in [4.69, 9.17) is 11.6 Å². The summed E-state index contributed by atoms with van der Waals surface area (Å²) in [6.07, 6.45) is 14.5. The van der Waals surface area contributed by atoms with E-state index in [1.54, 1.807) is 5.57 Å². The van der Waals surface area contributed by atoms with Gasteiger partial charge in [0, 0.05) is 5.88 Å². The van der Waals surface area contributed by atoms with E-state index in [0.29, 0.717) is 22.7 Å². The van der Waals surface area contributed by atoms with E-state index in [1.807, 2.05) is 0 Å². The lowest BCUT2D eigenvalue weighted by molar-refractivity contribution is -0.0924. The van der Waals surface area contributed by atoms with Crippen LogP contribution in [-0.2, 0) is 0 Å². The van der Waals surface area contributed by atoms with Crippen molar-refractivity contribution in [2.24, 2.45) is 46.3 Å². The average molecular weight is 347 g/mol. The molecule has 1 heteroatoms. The van der Waals surface area contributed by atoms with Gasteiger partial charge < -0.3 is 0 Å². The van der Waals surface area contributed by atoms with Gasteiger partial charge in [-0.15, -0.1) is 11.6 Å². The van der Waals surface area contributed by atoms with E-state index >= 15 is 0 Å². The van der Waals surface area contributed by atoms with E-state index in [0.717, 1.165) is 29.6 Å². The SMILES string of the molecule is C=C1C[C@H]2[C@@H]3CC[C@H](CC)[C@@]3(C)CC[C@@H]2[C@]2(C)C1CC=C[C@@H]2CCl. The highest BCUT2D eigenvalue weighted by atomic mass is 35.5. The van der Waals surface area contributed by atoms with Crippen molar-refractivity contribution >= 4 is 11.6 Å². The lowest BCUT2D eigenvalue weighted by Crippen LogP contribution is -2.55. The Morgan fingerprint density at radius 3 is 2.71 bits per heavy atom. The molecule has 0 amide bonds. The average Bonchev–Trinajstić information content (AvgIpc) is 2.91. The highest BCUT2D eigenvalue weighted by Gasteiger charge is 2.61. The summed E-state index contributed by atoms with van der Waals surface area (Å²) in [7, 11) is 0.